The van der Waals surface area contributed by atoms with Crippen molar-refractivity contribution < 1.29 is 29.0 Å². The summed E-state index contributed by atoms with van der Waals surface area (Å²) in [6, 6.07) is 0. The molecule has 0 amide bonds. The number of carbonyl (C=O) groups excluding carboxylic acids is 3. The third-order valence-corrected chi connectivity index (χ3v) is 1.78. The molecule has 6 heteroatoms. The Morgan fingerprint density at radius 1 is 1.25 bits per heavy atom. The number of hydrogen-bond acceptors (Lipinski definition) is 6. The first-order chi connectivity index (χ1) is 7.51. The third kappa shape index (κ3) is 5.92. The Hall–Kier alpha value is -1.69. The van der Waals surface area contributed by atoms with Gasteiger partial charge in [0.05, 0.1) is 19.6 Å². The first-order valence-electron chi connectivity index (χ1n) is 4.55. The maximum absolute atomic E-state index is 11.0. The van der Waals surface area contributed by atoms with Crippen molar-refractivity contribution in [3.8, 4) is 0 Å². The molecule has 0 saturated carbocycles. The lowest BCUT2D eigenvalue weighted by Gasteiger charge is -2.09. The number of ether oxygens (including phenoxy) is 2. The molecule has 0 radical (unpaired) electrons. The van der Waals surface area contributed by atoms with Gasteiger partial charge in [-0.1, -0.05) is 0 Å². The van der Waals surface area contributed by atoms with E-state index in [0.29, 0.717) is 0 Å². The number of aliphatic hydroxyl groups excluding tert-OH is 1. The zero-order valence-corrected chi connectivity index (χ0v) is 9.13. The van der Waals surface area contributed by atoms with Crippen LogP contribution in [0.5, 0.6) is 0 Å². The van der Waals surface area contributed by atoms with Gasteiger partial charge in [0.2, 0.25) is 0 Å². The van der Waals surface area contributed by atoms with E-state index in [-0.39, 0.29) is 19.0 Å². The second-order valence-electron chi connectivity index (χ2n) is 2.98. The Balaban J connectivity index is 4.02. The van der Waals surface area contributed by atoms with Gasteiger partial charge in [-0.3, -0.25) is 4.79 Å². The van der Waals surface area contributed by atoms with E-state index in [1.54, 1.807) is 0 Å². The Morgan fingerprint density at radius 2 is 1.81 bits per heavy atom. The highest BCUT2D eigenvalue weighted by atomic mass is 16.5. The largest absolute Gasteiger partial charge is 0.466 e. The minimum atomic E-state index is -0.773. The van der Waals surface area contributed by atoms with Crippen LogP contribution in [0.4, 0.5) is 0 Å². The number of carbonyl (C=O) groups is 3. The molecule has 1 N–H and O–H groups in total. The lowest BCUT2D eigenvalue weighted by Crippen LogP contribution is -2.23. The Kier molecular flexibility index (Phi) is 6.78. The summed E-state index contributed by atoms with van der Waals surface area (Å²) in [5, 5.41) is 8.76. The van der Waals surface area contributed by atoms with Gasteiger partial charge >= 0.3 is 11.9 Å². The van der Waals surface area contributed by atoms with Crippen LogP contribution in [-0.2, 0) is 23.9 Å². The molecule has 0 aromatic carbocycles. The van der Waals surface area contributed by atoms with E-state index < -0.39 is 17.9 Å². The van der Waals surface area contributed by atoms with Crippen LogP contribution in [-0.4, -0.2) is 43.2 Å². The van der Waals surface area contributed by atoms with Crippen molar-refractivity contribution in [1.82, 2.24) is 0 Å². The standard InChI is InChI=1S/C10H14O6/c1-7(12)8(5-11)6-16-10(14)4-3-9(13)15-2/h3-4,8,11H,5-6H2,1-2H3/b4-3+. The summed E-state index contributed by atoms with van der Waals surface area (Å²) in [4.78, 5) is 32.5. The fourth-order valence-corrected chi connectivity index (χ4v) is 0.734. The lowest BCUT2D eigenvalue weighted by molar-refractivity contribution is -0.142. The minimum absolute atomic E-state index is 0.212. The summed E-state index contributed by atoms with van der Waals surface area (Å²) in [5.41, 5.74) is 0. The van der Waals surface area contributed by atoms with Gasteiger partial charge in [0, 0.05) is 12.2 Å². The molecular formula is C10H14O6. The molecule has 0 spiro atoms. The number of methoxy groups -OCH3 is 1. The molecule has 0 aliphatic heterocycles. The van der Waals surface area contributed by atoms with E-state index in [1.165, 1.54) is 14.0 Å². The lowest BCUT2D eigenvalue weighted by atomic mass is 10.1. The number of aliphatic hydroxyl groups is 1. The number of rotatable bonds is 6. The molecule has 90 valence electrons. The topological polar surface area (TPSA) is 89.9 Å². The molecular weight excluding hydrogens is 216 g/mol. The van der Waals surface area contributed by atoms with Gasteiger partial charge < -0.3 is 14.6 Å². The van der Waals surface area contributed by atoms with Crippen molar-refractivity contribution in [3.05, 3.63) is 12.2 Å². The molecule has 0 aromatic heterocycles. The summed E-state index contributed by atoms with van der Waals surface area (Å²) in [6.07, 6.45) is 1.80. The van der Waals surface area contributed by atoms with Crippen molar-refractivity contribution in [2.45, 2.75) is 6.92 Å². The van der Waals surface area contributed by atoms with E-state index >= 15 is 0 Å². The van der Waals surface area contributed by atoms with Crippen LogP contribution in [0.1, 0.15) is 6.92 Å². The average molecular weight is 230 g/mol. The number of esters is 2. The Labute approximate surface area is 92.8 Å². The van der Waals surface area contributed by atoms with E-state index in [2.05, 4.69) is 9.47 Å². The number of ketones is 1. The smallest absolute Gasteiger partial charge is 0.331 e. The molecule has 0 aliphatic rings. The van der Waals surface area contributed by atoms with Gasteiger partial charge in [-0.05, 0) is 6.92 Å². The van der Waals surface area contributed by atoms with Crippen LogP contribution in [0.3, 0.4) is 0 Å². The highest BCUT2D eigenvalue weighted by Gasteiger charge is 2.14. The zero-order valence-electron chi connectivity index (χ0n) is 9.13. The highest BCUT2D eigenvalue weighted by Crippen LogP contribution is 1.98. The summed E-state index contributed by atoms with van der Waals surface area (Å²) in [5.74, 6) is -2.45. The van der Waals surface area contributed by atoms with E-state index in [1.807, 2.05) is 0 Å². The average Bonchev–Trinajstić information content (AvgIpc) is 2.26. The van der Waals surface area contributed by atoms with Crippen LogP contribution in [0, 0.1) is 5.92 Å². The van der Waals surface area contributed by atoms with Crippen molar-refractivity contribution >= 4 is 17.7 Å². The van der Waals surface area contributed by atoms with Crippen LogP contribution >= 0.6 is 0 Å². The fraction of sp³-hybridized carbons (Fsp3) is 0.500. The predicted octanol–water partition coefficient (Wildman–Crippen LogP) is -0.544. The zero-order chi connectivity index (χ0) is 12.6. The molecule has 0 bridgehead atoms. The van der Waals surface area contributed by atoms with Crippen molar-refractivity contribution in [3.63, 3.8) is 0 Å². The summed E-state index contributed by atoms with van der Waals surface area (Å²) in [6.45, 7) is 0.693. The fourth-order valence-electron chi connectivity index (χ4n) is 0.734. The maximum atomic E-state index is 11.0. The monoisotopic (exact) mass is 230 g/mol. The van der Waals surface area contributed by atoms with Crippen molar-refractivity contribution in [2.75, 3.05) is 20.3 Å². The number of hydrogen-bond donors (Lipinski definition) is 1. The molecule has 0 heterocycles. The normalized spacial score (nSPS) is 12.2. The highest BCUT2D eigenvalue weighted by molar-refractivity contribution is 5.91. The molecule has 0 aromatic rings. The second kappa shape index (κ2) is 7.58. The second-order valence-corrected chi connectivity index (χ2v) is 2.98. The van der Waals surface area contributed by atoms with E-state index in [0.717, 1.165) is 12.2 Å². The summed E-state index contributed by atoms with van der Waals surface area (Å²) >= 11 is 0. The maximum Gasteiger partial charge on any atom is 0.331 e. The molecule has 6 nitrogen and oxygen atoms in total. The van der Waals surface area contributed by atoms with Crippen LogP contribution in [0.25, 0.3) is 0 Å². The van der Waals surface area contributed by atoms with Crippen LogP contribution in [0.15, 0.2) is 12.2 Å². The van der Waals surface area contributed by atoms with Gasteiger partial charge in [-0.2, -0.15) is 0 Å². The molecule has 0 rings (SSSR count). The van der Waals surface area contributed by atoms with Crippen molar-refractivity contribution in [1.29, 1.82) is 0 Å². The summed E-state index contributed by atoms with van der Waals surface area (Å²) in [7, 11) is 1.18. The Bertz CT molecular complexity index is 294. The molecule has 0 aliphatic carbocycles. The van der Waals surface area contributed by atoms with Gasteiger partial charge in [-0.25, -0.2) is 9.59 Å². The molecule has 0 fully saturated rings. The van der Waals surface area contributed by atoms with Gasteiger partial charge in [0.1, 0.15) is 12.4 Å². The van der Waals surface area contributed by atoms with Gasteiger partial charge in [-0.15, -0.1) is 0 Å². The van der Waals surface area contributed by atoms with Gasteiger partial charge in [0.25, 0.3) is 0 Å². The summed E-state index contributed by atoms with van der Waals surface area (Å²) < 4.78 is 8.89. The van der Waals surface area contributed by atoms with Crippen molar-refractivity contribution in [2.24, 2.45) is 5.92 Å². The molecule has 1 unspecified atom stereocenters. The first-order valence-corrected chi connectivity index (χ1v) is 4.55. The Morgan fingerprint density at radius 3 is 2.25 bits per heavy atom. The first kappa shape index (κ1) is 14.3. The van der Waals surface area contributed by atoms with E-state index in [4.69, 9.17) is 5.11 Å². The quantitative estimate of drug-likeness (QED) is 0.486. The molecule has 1 atom stereocenters. The SMILES string of the molecule is COC(=O)/C=C/C(=O)OCC(CO)C(C)=O. The number of Topliss-reactive ketones (excluding diaryl/α,β-unsaturated/α-hetero) is 1. The van der Waals surface area contributed by atoms with Gasteiger partial charge in [0.15, 0.2) is 0 Å². The molecule has 0 saturated heterocycles. The molecule has 16 heavy (non-hydrogen) atoms. The predicted molar refractivity (Wildman–Crippen MR) is 53.4 cm³/mol. The minimum Gasteiger partial charge on any atom is -0.466 e. The van der Waals surface area contributed by atoms with Crippen LogP contribution < -0.4 is 0 Å². The van der Waals surface area contributed by atoms with E-state index in [9.17, 15) is 14.4 Å². The van der Waals surface area contributed by atoms with Crippen LogP contribution in [0.2, 0.25) is 0 Å². The third-order valence-electron chi connectivity index (χ3n) is 1.78.